The van der Waals surface area contributed by atoms with Crippen molar-refractivity contribution in [1.29, 1.82) is 0 Å². The fraction of sp³-hybridized carbons (Fsp3) is 0.700. The second-order valence-corrected chi connectivity index (χ2v) is 3.15. The molecule has 1 heterocycles. The molecule has 0 aliphatic carbocycles. The van der Waals surface area contributed by atoms with Gasteiger partial charge in [-0.3, -0.25) is 4.79 Å². The van der Waals surface area contributed by atoms with Crippen LogP contribution in [0.1, 0.15) is 13.3 Å². The predicted octanol–water partition coefficient (Wildman–Crippen LogP) is 0.228. The van der Waals surface area contributed by atoms with Crippen LogP contribution in [0.3, 0.4) is 0 Å². The molecule has 1 rings (SSSR count). The molecule has 0 aromatic heterocycles. The lowest BCUT2D eigenvalue weighted by atomic mass is 10.1. The number of aliphatic hydroxyl groups is 1. The van der Waals surface area contributed by atoms with Gasteiger partial charge in [-0.05, 0) is 13.0 Å². The molecule has 0 aromatic rings. The van der Waals surface area contributed by atoms with E-state index in [2.05, 4.69) is 4.74 Å². The van der Waals surface area contributed by atoms with Gasteiger partial charge in [0.1, 0.15) is 6.10 Å². The number of carbonyl (C=O) groups is 1. The second-order valence-electron chi connectivity index (χ2n) is 3.15. The second kappa shape index (κ2) is 5.85. The van der Waals surface area contributed by atoms with Crippen molar-refractivity contribution in [3.8, 4) is 0 Å². The maximum absolute atomic E-state index is 11.0. The van der Waals surface area contributed by atoms with Crippen molar-refractivity contribution in [3.63, 3.8) is 0 Å². The maximum atomic E-state index is 11.0. The van der Waals surface area contributed by atoms with Gasteiger partial charge >= 0.3 is 5.97 Å². The first-order valence-electron chi connectivity index (χ1n) is 4.87. The van der Waals surface area contributed by atoms with E-state index in [0.717, 1.165) is 0 Å². The molecule has 0 fully saturated rings. The number of hydrogen-bond acceptors (Lipinski definition) is 5. The smallest absolute Gasteiger partial charge is 0.308 e. The summed E-state index contributed by atoms with van der Waals surface area (Å²) in [4.78, 5) is 11.0. The van der Waals surface area contributed by atoms with Crippen LogP contribution in [-0.2, 0) is 19.0 Å². The molecule has 0 aromatic carbocycles. The van der Waals surface area contributed by atoms with Crippen molar-refractivity contribution in [1.82, 2.24) is 0 Å². The Labute approximate surface area is 88.6 Å². The van der Waals surface area contributed by atoms with Crippen molar-refractivity contribution in [2.75, 3.05) is 13.7 Å². The lowest BCUT2D eigenvalue weighted by Crippen LogP contribution is -2.38. The molecule has 5 heteroatoms. The fourth-order valence-corrected chi connectivity index (χ4v) is 1.30. The summed E-state index contributed by atoms with van der Waals surface area (Å²) in [5.41, 5.74) is 0. The molecule has 0 spiro atoms. The Bertz CT molecular complexity index is 238. The molecule has 0 radical (unpaired) electrons. The van der Waals surface area contributed by atoms with E-state index in [1.807, 2.05) is 6.92 Å². The number of ether oxygens (including phenoxy) is 3. The first kappa shape index (κ1) is 12.2. The zero-order valence-corrected chi connectivity index (χ0v) is 8.88. The molecule has 3 atom stereocenters. The molecule has 0 saturated carbocycles. The zero-order chi connectivity index (χ0) is 11.3. The van der Waals surface area contributed by atoms with Crippen LogP contribution in [0.25, 0.3) is 0 Å². The molecule has 1 N–H and O–H groups in total. The van der Waals surface area contributed by atoms with Crippen molar-refractivity contribution < 1.29 is 24.1 Å². The highest BCUT2D eigenvalue weighted by Crippen LogP contribution is 2.17. The molecular formula is C10H16O5. The van der Waals surface area contributed by atoms with E-state index in [9.17, 15) is 9.90 Å². The molecule has 0 saturated heterocycles. The third-order valence-electron chi connectivity index (χ3n) is 2.08. The topological polar surface area (TPSA) is 65.0 Å². The van der Waals surface area contributed by atoms with Gasteiger partial charge in [0.15, 0.2) is 6.29 Å². The van der Waals surface area contributed by atoms with Gasteiger partial charge in [-0.1, -0.05) is 6.08 Å². The van der Waals surface area contributed by atoms with Crippen LogP contribution in [-0.4, -0.2) is 43.3 Å². The summed E-state index contributed by atoms with van der Waals surface area (Å²) in [5, 5.41) is 9.52. The van der Waals surface area contributed by atoms with E-state index in [0.29, 0.717) is 6.61 Å². The summed E-state index contributed by atoms with van der Waals surface area (Å²) in [5.74, 6) is -0.412. The summed E-state index contributed by atoms with van der Waals surface area (Å²) in [7, 11) is 1.30. The predicted molar refractivity (Wildman–Crippen MR) is 52.1 cm³/mol. The molecule has 1 aliphatic heterocycles. The van der Waals surface area contributed by atoms with Crippen molar-refractivity contribution >= 4 is 5.97 Å². The van der Waals surface area contributed by atoms with Gasteiger partial charge < -0.3 is 19.3 Å². The highest BCUT2D eigenvalue weighted by Gasteiger charge is 2.28. The molecule has 0 bridgehead atoms. The van der Waals surface area contributed by atoms with Gasteiger partial charge in [0.2, 0.25) is 0 Å². The average molecular weight is 216 g/mol. The Morgan fingerprint density at radius 2 is 2.27 bits per heavy atom. The fourth-order valence-electron chi connectivity index (χ4n) is 1.30. The van der Waals surface area contributed by atoms with E-state index in [1.165, 1.54) is 7.11 Å². The molecule has 1 aliphatic rings. The van der Waals surface area contributed by atoms with E-state index in [4.69, 9.17) is 9.47 Å². The Hall–Kier alpha value is -0.910. The summed E-state index contributed by atoms with van der Waals surface area (Å²) >= 11 is 0. The molecule has 86 valence electrons. The summed E-state index contributed by atoms with van der Waals surface area (Å²) < 4.78 is 15.1. The first-order valence-corrected chi connectivity index (χ1v) is 4.87. The Kier molecular flexibility index (Phi) is 4.74. The molecular weight excluding hydrogens is 200 g/mol. The number of hydrogen-bond donors (Lipinski definition) is 1. The SMILES string of the molecule is CCO[C@@H]1C=C[C@H](O)[C@@H](CC(=O)OC)O1. The van der Waals surface area contributed by atoms with Crippen LogP contribution in [0.2, 0.25) is 0 Å². The molecule has 0 unspecified atom stereocenters. The average Bonchev–Trinajstić information content (AvgIpc) is 2.23. The minimum Gasteiger partial charge on any atom is -0.469 e. The number of carbonyl (C=O) groups excluding carboxylic acids is 1. The van der Waals surface area contributed by atoms with Gasteiger partial charge in [-0.2, -0.15) is 0 Å². The van der Waals surface area contributed by atoms with Crippen LogP contribution in [0.4, 0.5) is 0 Å². The van der Waals surface area contributed by atoms with Crippen LogP contribution < -0.4 is 0 Å². The van der Waals surface area contributed by atoms with Crippen LogP contribution in [0.15, 0.2) is 12.2 Å². The van der Waals surface area contributed by atoms with Crippen molar-refractivity contribution in [3.05, 3.63) is 12.2 Å². The summed E-state index contributed by atoms with van der Waals surface area (Å²) in [6, 6.07) is 0. The van der Waals surface area contributed by atoms with Crippen molar-refractivity contribution in [2.45, 2.75) is 31.8 Å². The molecule has 0 amide bonds. The number of rotatable bonds is 4. The van der Waals surface area contributed by atoms with Crippen molar-refractivity contribution in [2.24, 2.45) is 0 Å². The summed E-state index contributed by atoms with van der Waals surface area (Å²) in [6.07, 6.45) is 1.33. The molecule has 5 nitrogen and oxygen atoms in total. The monoisotopic (exact) mass is 216 g/mol. The zero-order valence-electron chi connectivity index (χ0n) is 8.88. The van der Waals surface area contributed by atoms with Crippen LogP contribution >= 0.6 is 0 Å². The highest BCUT2D eigenvalue weighted by atomic mass is 16.7. The number of esters is 1. The van der Waals surface area contributed by atoms with E-state index in [1.54, 1.807) is 12.2 Å². The van der Waals surface area contributed by atoms with Gasteiger partial charge in [0.05, 0.1) is 19.6 Å². The standard InChI is InChI=1S/C10H16O5/c1-3-14-10-5-4-7(11)8(15-10)6-9(12)13-2/h4-5,7-8,10-11H,3,6H2,1-2H3/t7-,8+,10-/m0/s1. The Balaban J connectivity index is 2.50. The van der Waals surface area contributed by atoms with Gasteiger partial charge in [-0.25, -0.2) is 0 Å². The Morgan fingerprint density at radius 1 is 1.53 bits per heavy atom. The number of aliphatic hydroxyl groups excluding tert-OH is 1. The van der Waals surface area contributed by atoms with Gasteiger partial charge in [0, 0.05) is 6.61 Å². The lowest BCUT2D eigenvalue weighted by molar-refractivity contribution is -0.178. The minimum absolute atomic E-state index is 0.0194. The van der Waals surface area contributed by atoms with E-state index >= 15 is 0 Å². The van der Waals surface area contributed by atoms with Gasteiger partial charge in [-0.15, -0.1) is 0 Å². The normalized spacial score (nSPS) is 30.2. The minimum atomic E-state index is -0.791. The third-order valence-corrected chi connectivity index (χ3v) is 2.08. The quantitative estimate of drug-likeness (QED) is 0.538. The largest absolute Gasteiger partial charge is 0.469 e. The van der Waals surface area contributed by atoms with E-state index in [-0.39, 0.29) is 6.42 Å². The lowest BCUT2D eigenvalue weighted by Gasteiger charge is -2.28. The van der Waals surface area contributed by atoms with E-state index < -0.39 is 24.5 Å². The first-order chi connectivity index (χ1) is 7.17. The van der Waals surface area contributed by atoms with Crippen LogP contribution in [0.5, 0.6) is 0 Å². The highest BCUT2D eigenvalue weighted by molar-refractivity contribution is 5.69. The summed E-state index contributed by atoms with van der Waals surface area (Å²) in [6.45, 7) is 2.35. The Morgan fingerprint density at radius 3 is 2.87 bits per heavy atom. The van der Waals surface area contributed by atoms with Crippen LogP contribution in [0, 0.1) is 0 Å². The van der Waals surface area contributed by atoms with Gasteiger partial charge in [0.25, 0.3) is 0 Å². The maximum Gasteiger partial charge on any atom is 0.308 e. The molecule has 15 heavy (non-hydrogen) atoms. The number of methoxy groups -OCH3 is 1. The third kappa shape index (κ3) is 3.62.